The molecular weight excluding hydrogens is 202 g/mol. The third-order valence-electron chi connectivity index (χ3n) is 2.35. The topological polar surface area (TPSA) is 12.0 Å². The lowest BCUT2D eigenvalue weighted by Crippen LogP contribution is -2.28. The summed E-state index contributed by atoms with van der Waals surface area (Å²) in [4.78, 5) is 1.33. The zero-order valence-electron chi connectivity index (χ0n) is 9.71. The maximum Gasteiger partial charge on any atom is 0.0366 e. The molecule has 0 radical (unpaired) electrons. The van der Waals surface area contributed by atoms with Crippen LogP contribution in [-0.2, 0) is 0 Å². The molecule has 0 bridgehead atoms. The molecule has 1 rings (SSSR count). The Balaban J connectivity index is 2.52. The Hall–Kier alpha value is -0.730. The van der Waals surface area contributed by atoms with Crippen molar-refractivity contribution in [1.82, 2.24) is 5.32 Å². The largest absolute Gasteiger partial charge is 0.313 e. The van der Waals surface area contributed by atoms with Crippen LogP contribution in [0.4, 0.5) is 0 Å². The monoisotopic (exact) mass is 221 g/mol. The molecule has 2 heteroatoms. The Labute approximate surface area is 97.0 Å². The molecule has 1 nitrogen and oxygen atoms in total. The normalized spacial score (nSPS) is 12.5. The number of hydrogen-bond acceptors (Lipinski definition) is 2. The summed E-state index contributed by atoms with van der Waals surface area (Å²) in [5.41, 5.74) is 2.51. The number of rotatable bonds is 5. The highest BCUT2D eigenvalue weighted by Gasteiger charge is 2.06. The van der Waals surface area contributed by atoms with Gasteiger partial charge in [-0.3, -0.25) is 0 Å². The van der Waals surface area contributed by atoms with Crippen LogP contribution < -0.4 is 5.32 Å². The van der Waals surface area contributed by atoms with Crippen molar-refractivity contribution in [2.75, 3.05) is 12.8 Å². The van der Waals surface area contributed by atoms with Crippen LogP contribution in [0.5, 0.6) is 0 Å². The average molecular weight is 221 g/mol. The fourth-order valence-corrected chi connectivity index (χ4v) is 2.61. The molecule has 1 aromatic carbocycles. The van der Waals surface area contributed by atoms with Crippen LogP contribution in [-0.4, -0.2) is 18.8 Å². The van der Waals surface area contributed by atoms with Crippen molar-refractivity contribution in [3.05, 3.63) is 42.0 Å². The Morgan fingerprint density at radius 1 is 1.53 bits per heavy atom. The maximum absolute atomic E-state index is 3.98. The molecule has 0 aliphatic heterocycles. The summed E-state index contributed by atoms with van der Waals surface area (Å²) in [7, 11) is 1.98. The number of benzene rings is 1. The molecule has 0 amide bonds. The fraction of sp³-hybridized carbons (Fsp3) is 0.385. The van der Waals surface area contributed by atoms with Crippen molar-refractivity contribution < 1.29 is 0 Å². The van der Waals surface area contributed by atoms with Gasteiger partial charge in [0.1, 0.15) is 0 Å². The van der Waals surface area contributed by atoms with Gasteiger partial charge in [0.25, 0.3) is 0 Å². The van der Waals surface area contributed by atoms with E-state index in [9.17, 15) is 0 Å². The van der Waals surface area contributed by atoms with Crippen molar-refractivity contribution in [2.45, 2.75) is 24.8 Å². The van der Waals surface area contributed by atoms with Gasteiger partial charge in [-0.05, 0) is 33.0 Å². The van der Waals surface area contributed by atoms with E-state index in [2.05, 4.69) is 50.0 Å². The van der Waals surface area contributed by atoms with E-state index in [-0.39, 0.29) is 0 Å². The van der Waals surface area contributed by atoms with Gasteiger partial charge in [0.15, 0.2) is 0 Å². The van der Waals surface area contributed by atoms with Gasteiger partial charge in [-0.15, -0.1) is 11.8 Å². The lowest BCUT2D eigenvalue weighted by Gasteiger charge is -2.15. The lowest BCUT2D eigenvalue weighted by molar-refractivity contribution is 0.703. The number of likely N-dealkylation sites (N-methyl/N-ethyl adjacent to an activating group) is 1. The highest BCUT2D eigenvalue weighted by atomic mass is 32.2. The fourth-order valence-electron chi connectivity index (χ4n) is 1.36. The first kappa shape index (κ1) is 12.3. The first-order valence-corrected chi connectivity index (χ1v) is 6.14. The van der Waals surface area contributed by atoms with Gasteiger partial charge >= 0.3 is 0 Å². The van der Waals surface area contributed by atoms with E-state index < -0.39 is 0 Å². The zero-order valence-corrected chi connectivity index (χ0v) is 10.5. The van der Waals surface area contributed by atoms with Crippen molar-refractivity contribution in [3.8, 4) is 0 Å². The van der Waals surface area contributed by atoms with Crippen LogP contribution in [0.2, 0.25) is 0 Å². The molecule has 0 saturated carbocycles. The van der Waals surface area contributed by atoms with E-state index in [0.717, 1.165) is 5.75 Å². The summed E-state index contributed by atoms with van der Waals surface area (Å²) in [6, 6.07) is 9.00. The quantitative estimate of drug-likeness (QED) is 0.605. The van der Waals surface area contributed by atoms with Crippen LogP contribution >= 0.6 is 11.8 Å². The molecule has 82 valence electrons. The average Bonchev–Trinajstić information content (AvgIpc) is 2.18. The van der Waals surface area contributed by atoms with Gasteiger partial charge in [0.2, 0.25) is 0 Å². The molecule has 1 atom stereocenters. The van der Waals surface area contributed by atoms with Gasteiger partial charge in [0.05, 0.1) is 0 Å². The highest BCUT2D eigenvalue weighted by Crippen LogP contribution is 2.20. The molecule has 0 heterocycles. The summed E-state index contributed by atoms with van der Waals surface area (Å²) in [6.45, 7) is 8.17. The van der Waals surface area contributed by atoms with Gasteiger partial charge < -0.3 is 5.32 Å². The predicted molar refractivity (Wildman–Crippen MR) is 69.6 cm³/mol. The minimum Gasteiger partial charge on any atom is -0.313 e. The first-order valence-electron chi connectivity index (χ1n) is 5.15. The summed E-state index contributed by atoms with van der Waals surface area (Å²) >= 11 is 1.87. The van der Waals surface area contributed by atoms with Crippen molar-refractivity contribution in [1.29, 1.82) is 0 Å². The summed E-state index contributed by atoms with van der Waals surface area (Å²) in [6.07, 6.45) is 0. The van der Waals surface area contributed by atoms with Crippen LogP contribution in [0.3, 0.4) is 0 Å². The number of nitrogens with one attached hydrogen (secondary N) is 1. The molecule has 1 N–H and O–H groups in total. The summed E-state index contributed by atoms with van der Waals surface area (Å²) < 4.78 is 0. The van der Waals surface area contributed by atoms with Crippen molar-refractivity contribution in [2.24, 2.45) is 0 Å². The highest BCUT2D eigenvalue weighted by molar-refractivity contribution is 7.99. The second-order valence-corrected chi connectivity index (χ2v) is 4.91. The Morgan fingerprint density at radius 3 is 2.80 bits per heavy atom. The molecule has 0 spiro atoms. The number of thioether (sulfide) groups is 1. The van der Waals surface area contributed by atoms with Crippen LogP contribution in [0.25, 0.3) is 0 Å². The second kappa shape index (κ2) is 5.99. The van der Waals surface area contributed by atoms with Gasteiger partial charge in [0, 0.05) is 16.7 Å². The van der Waals surface area contributed by atoms with Gasteiger partial charge in [-0.2, -0.15) is 0 Å². The molecule has 0 aliphatic carbocycles. The minimum atomic E-state index is 0.399. The smallest absolute Gasteiger partial charge is 0.0366 e. The standard InChI is InChI=1S/C13H19NS/c1-10(2)13(14-4)9-15-12-7-5-6-11(3)8-12/h5-8,13-14H,1,9H2,2-4H3. The zero-order chi connectivity index (χ0) is 11.3. The number of aryl methyl sites for hydroxylation is 1. The third kappa shape index (κ3) is 4.10. The van der Waals surface area contributed by atoms with E-state index in [4.69, 9.17) is 0 Å². The Bertz CT molecular complexity index is 333. The van der Waals surface area contributed by atoms with E-state index >= 15 is 0 Å². The van der Waals surface area contributed by atoms with Crippen LogP contribution in [0.1, 0.15) is 12.5 Å². The molecule has 0 aliphatic rings. The number of hydrogen-bond donors (Lipinski definition) is 1. The second-order valence-electron chi connectivity index (χ2n) is 3.82. The Kier molecular flexibility index (Phi) is 4.92. The Morgan fingerprint density at radius 2 is 2.27 bits per heavy atom. The minimum absolute atomic E-state index is 0.399. The van der Waals surface area contributed by atoms with Crippen molar-refractivity contribution >= 4 is 11.8 Å². The molecule has 15 heavy (non-hydrogen) atoms. The van der Waals surface area contributed by atoms with E-state index in [1.807, 2.05) is 18.8 Å². The molecule has 0 saturated heterocycles. The summed E-state index contributed by atoms with van der Waals surface area (Å²) in [5.74, 6) is 1.04. The summed E-state index contributed by atoms with van der Waals surface area (Å²) in [5, 5.41) is 3.27. The first-order chi connectivity index (χ1) is 7.13. The van der Waals surface area contributed by atoms with E-state index in [1.54, 1.807) is 0 Å². The third-order valence-corrected chi connectivity index (χ3v) is 3.44. The SMILES string of the molecule is C=C(C)C(CSc1cccc(C)c1)NC. The molecule has 0 fully saturated rings. The van der Waals surface area contributed by atoms with Crippen LogP contribution in [0, 0.1) is 6.92 Å². The predicted octanol–water partition coefficient (Wildman–Crippen LogP) is 3.25. The maximum atomic E-state index is 3.98. The molecule has 1 unspecified atom stereocenters. The lowest BCUT2D eigenvalue weighted by atomic mass is 10.2. The molecular formula is C13H19NS. The molecule has 1 aromatic rings. The molecule has 0 aromatic heterocycles. The van der Waals surface area contributed by atoms with Crippen LogP contribution in [0.15, 0.2) is 41.3 Å². The van der Waals surface area contributed by atoms with E-state index in [1.165, 1.54) is 16.0 Å². The van der Waals surface area contributed by atoms with Crippen molar-refractivity contribution in [3.63, 3.8) is 0 Å². The van der Waals surface area contributed by atoms with E-state index in [0.29, 0.717) is 6.04 Å². The van der Waals surface area contributed by atoms with Gasteiger partial charge in [-0.25, -0.2) is 0 Å². The van der Waals surface area contributed by atoms with Gasteiger partial charge in [-0.1, -0.05) is 29.8 Å².